The number of benzene rings is 1. The Kier molecular flexibility index (Phi) is 7.08. The lowest BCUT2D eigenvalue weighted by Crippen LogP contribution is -2.63. The SMILES string of the molecule is CC1(C)CC[C@]2(C)CC=C3[C@]4(C)CC[C@H]5C(C)(C)[C@H](OC(=O)/C=C/c6ccc(O)c(O)c6)CC[C@]5(C)[C@H]4CC[C@@]3(C)[C@@H]2C1. The van der Waals surface area contributed by atoms with Gasteiger partial charge in [-0.25, -0.2) is 4.79 Å². The Morgan fingerprint density at radius 2 is 1.49 bits per heavy atom. The van der Waals surface area contributed by atoms with Gasteiger partial charge in [-0.3, -0.25) is 0 Å². The zero-order valence-electron chi connectivity index (χ0n) is 28.1. The van der Waals surface area contributed by atoms with Crippen molar-refractivity contribution in [2.75, 3.05) is 0 Å². The Morgan fingerprint density at radius 3 is 2.19 bits per heavy atom. The maximum absolute atomic E-state index is 13.0. The van der Waals surface area contributed by atoms with Crippen molar-refractivity contribution in [3.63, 3.8) is 0 Å². The number of esters is 1. The Hall–Kier alpha value is -2.23. The molecule has 0 aliphatic heterocycles. The highest BCUT2D eigenvalue weighted by molar-refractivity contribution is 5.87. The van der Waals surface area contributed by atoms with Gasteiger partial charge in [0.25, 0.3) is 0 Å². The van der Waals surface area contributed by atoms with E-state index in [1.165, 1.54) is 69.6 Å². The van der Waals surface area contributed by atoms with Gasteiger partial charge in [0.1, 0.15) is 6.10 Å². The first-order chi connectivity index (χ1) is 19.9. The molecule has 0 aromatic heterocycles. The van der Waals surface area contributed by atoms with Gasteiger partial charge in [0.2, 0.25) is 0 Å². The Morgan fingerprint density at radius 1 is 0.814 bits per heavy atom. The smallest absolute Gasteiger partial charge is 0.331 e. The number of allylic oxidation sites excluding steroid dienone is 2. The molecule has 0 radical (unpaired) electrons. The summed E-state index contributed by atoms with van der Waals surface area (Å²) >= 11 is 0. The summed E-state index contributed by atoms with van der Waals surface area (Å²) in [4.78, 5) is 13.0. The van der Waals surface area contributed by atoms with Crippen LogP contribution >= 0.6 is 0 Å². The van der Waals surface area contributed by atoms with Crippen LogP contribution in [0, 0.1) is 50.2 Å². The van der Waals surface area contributed by atoms with Gasteiger partial charge < -0.3 is 14.9 Å². The van der Waals surface area contributed by atoms with E-state index in [0.29, 0.717) is 33.6 Å². The molecule has 4 fully saturated rings. The Bertz CT molecular complexity index is 1350. The molecule has 5 aliphatic carbocycles. The highest BCUT2D eigenvalue weighted by Crippen LogP contribution is 2.75. The summed E-state index contributed by atoms with van der Waals surface area (Å²) < 4.78 is 6.18. The minimum absolute atomic E-state index is 0.109. The molecule has 43 heavy (non-hydrogen) atoms. The van der Waals surface area contributed by atoms with E-state index < -0.39 is 0 Å². The van der Waals surface area contributed by atoms with Gasteiger partial charge in [-0.15, -0.1) is 0 Å². The van der Waals surface area contributed by atoms with E-state index in [9.17, 15) is 15.0 Å². The largest absolute Gasteiger partial charge is 0.504 e. The van der Waals surface area contributed by atoms with Crippen molar-refractivity contribution < 1.29 is 19.7 Å². The van der Waals surface area contributed by atoms with Crippen LogP contribution in [-0.2, 0) is 9.53 Å². The van der Waals surface area contributed by atoms with Crippen LogP contribution in [0.4, 0.5) is 0 Å². The normalized spacial score (nSPS) is 43.0. The number of carbonyl (C=O) groups is 1. The lowest BCUT2D eigenvalue weighted by molar-refractivity contribution is -0.197. The molecule has 4 nitrogen and oxygen atoms in total. The number of phenolic OH excluding ortho intramolecular Hbond substituents is 2. The quantitative estimate of drug-likeness (QED) is 0.160. The lowest BCUT2D eigenvalue weighted by atomic mass is 9.34. The number of ether oxygens (including phenoxy) is 1. The fourth-order valence-corrected chi connectivity index (χ4v) is 12.0. The van der Waals surface area contributed by atoms with Crippen molar-refractivity contribution in [1.29, 1.82) is 0 Å². The van der Waals surface area contributed by atoms with Crippen LogP contribution in [0.3, 0.4) is 0 Å². The van der Waals surface area contributed by atoms with Crippen LogP contribution < -0.4 is 0 Å². The minimum atomic E-state index is -0.339. The maximum Gasteiger partial charge on any atom is 0.331 e. The fourth-order valence-electron chi connectivity index (χ4n) is 12.0. The number of hydrogen-bond acceptors (Lipinski definition) is 4. The highest BCUT2D eigenvalue weighted by atomic mass is 16.5. The van der Waals surface area contributed by atoms with E-state index in [-0.39, 0.29) is 39.8 Å². The second-order valence-electron chi connectivity index (χ2n) is 17.8. The molecule has 5 aliphatic rings. The standard InChI is InChI=1S/C39H56O4/c1-34(2)21-22-36(5)17-13-29-38(7)18-14-28-35(3,4)32(43-33(42)12-10-25-9-11-26(40)27(41)23-25)16-20-37(28,6)30(38)15-19-39(29,8)31(36)24-34/h9-13,23,28,30-32,40-41H,14-22,24H2,1-8H3/b12-10+/t28-,30+,31+,32+,36-,37-,38-,39+/m0/s1. The molecule has 0 heterocycles. The zero-order chi connectivity index (χ0) is 31.2. The predicted octanol–water partition coefficient (Wildman–Crippen LogP) is 9.84. The average molecular weight is 589 g/mol. The summed E-state index contributed by atoms with van der Waals surface area (Å²) in [6.45, 7) is 20.2. The number of fused-ring (bicyclic) bond motifs is 7. The maximum atomic E-state index is 13.0. The van der Waals surface area contributed by atoms with Gasteiger partial charge in [0, 0.05) is 11.5 Å². The van der Waals surface area contributed by atoms with Gasteiger partial charge in [-0.2, -0.15) is 0 Å². The topological polar surface area (TPSA) is 66.8 Å². The number of aromatic hydroxyl groups is 2. The molecule has 0 bridgehead atoms. The van der Waals surface area contributed by atoms with E-state index >= 15 is 0 Å². The van der Waals surface area contributed by atoms with Crippen LogP contribution in [0.5, 0.6) is 11.5 Å². The van der Waals surface area contributed by atoms with Crippen molar-refractivity contribution in [2.45, 2.75) is 126 Å². The monoisotopic (exact) mass is 588 g/mol. The molecule has 1 aromatic rings. The predicted molar refractivity (Wildman–Crippen MR) is 173 cm³/mol. The second kappa shape index (κ2) is 9.88. The van der Waals surface area contributed by atoms with Gasteiger partial charge in [-0.1, -0.05) is 73.1 Å². The number of phenols is 2. The molecule has 4 saturated carbocycles. The molecule has 1 aromatic carbocycles. The van der Waals surface area contributed by atoms with Crippen LogP contribution in [0.1, 0.15) is 125 Å². The van der Waals surface area contributed by atoms with Crippen molar-refractivity contribution in [1.82, 2.24) is 0 Å². The van der Waals surface area contributed by atoms with E-state index in [0.717, 1.165) is 18.8 Å². The first kappa shape index (κ1) is 30.8. The van der Waals surface area contributed by atoms with Crippen molar-refractivity contribution in [2.24, 2.45) is 50.2 Å². The Balaban J connectivity index is 1.22. The number of hydrogen-bond donors (Lipinski definition) is 2. The molecule has 0 amide bonds. The second-order valence-corrected chi connectivity index (χ2v) is 17.8. The molecular formula is C39H56O4. The summed E-state index contributed by atoms with van der Waals surface area (Å²) in [6, 6.07) is 4.54. The number of carbonyl (C=O) groups excluding carboxylic acids is 1. The highest BCUT2D eigenvalue weighted by Gasteiger charge is 2.67. The molecule has 6 rings (SSSR count). The fraction of sp³-hybridized carbons (Fsp3) is 0.718. The molecule has 236 valence electrons. The van der Waals surface area contributed by atoms with E-state index in [1.807, 2.05) is 5.57 Å². The van der Waals surface area contributed by atoms with Crippen molar-refractivity contribution in [3.05, 3.63) is 41.5 Å². The third kappa shape index (κ3) is 4.71. The van der Waals surface area contributed by atoms with E-state index in [1.54, 1.807) is 12.1 Å². The average Bonchev–Trinajstić information content (AvgIpc) is 2.91. The number of rotatable bonds is 3. The third-order valence-corrected chi connectivity index (χ3v) is 14.4. The first-order valence-electron chi connectivity index (χ1n) is 17.1. The van der Waals surface area contributed by atoms with Crippen LogP contribution in [-0.4, -0.2) is 22.3 Å². The molecule has 8 atom stereocenters. The van der Waals surface area contributed by atoms with Gasteiger partial charge >= 0.3 is 5.97 Å². The van der Waals surface area contributed by atoms with E-state index in [2.05, 4.69) is 61.5 Å². The minimum Gasteiger partial charge on any atom is -0.504 e. The molecule has 0 saturated heterocycles. The van der Waals surface area contributed by atoms with Crippen LogP contribution in [0.15, 0.2) is 35.9 Å². The summed E-state index contributed by atoms with van der Waals surface area (Å²) in [5.41, 5.74) is 4.02. The molecule has 0 spiro atoms. The molecular weight excluding hydrogens is 532 g/mol. The summed E-state index contributed by atoms with van der Waals surface area (Å²) in [5.74, 6) is 1.24. The zero-order valence-corrected chi connectivity index (χ0v) is 28.1. The van der Waals surface area contributed by atoms with Crippen molar-refractivity contribution in [3.8, 4) is 11.5 Å². The van der Waals surface area contributed by atoms with Crippen LogP contribution in [0.2, 0.25) is 0 Å². The molecule has 4 heteroatoms. The molecule has 0 unspecified atom stereocenters. The summed E-state index contributed by atoms with van der Waals surface area (Å²) in [6.07, 6.45) is 18.1. The Labute approximate surface area is 260 Å². The van der Waals surface area contributed by atoms with Gasteiger partial charge in [-0.05, 0) is 133 Å². The van der Waals surface area contributed by atoms with Gasteiger partial charge in [0.15, 0.2) is 11.5 Å². The van der Waals surface area contributed by atoms with Crippen LogP contribution in [0.25, 0.3) is 6.08 Å². The van der Waals surface area contributed by atoms with Gasteiger partial charge in [0.05, 0.1) is 0 Å². The first-order valence-corrected chi connectivity index (χ1v) is 17.1. The lowest BCUT2D eigenvalue weighted by Gasteiger charge is -2.70. The molecule has 2 N–H and O–H groups in total. The third-order valence-electron chi connectivity index (χ3n) is 14.4. The summed E-state index contributed by atoms with van der Waals surface area (Å²) in [5, 5.41) is 19.4. The summed E-state index contributed by atoms with van der Waals surface area (Å²) in [7, 11) is 0. The van der Waals surface area contributed by atoms with E-state index in [4.69, 9.17) is 4.74 Å². The van der Waals surface area contributed by atoms with Crippen molar-refractivity contribution >= 4 is 12.0 Å².